The number of hydrogen-bond donors (Lipinski definition) is 0. The van der Waals surface area contributed by atoms with Crippen LogP contribution in [0.15, 0.2) is 17.1 Å². The SMILES string of the molecule is CCOc1cc(C)c(CCN=C=O)cc1Cl. The van der Waals surface area contributed by atoms with E-state index in [1.165, 1.54) is 6.08 Å². The molecular formula is C12H14ClNO2. The van der Waals surface area contributed by atoms with Crippen LogP contribution in [0, 0.1) is 6.92 Å². The molecule has 0 saturated carbocycles. The van der Waals surface area contributed by atoms with Crippen LogP contribution in [0.4, 0.5) is 0 Å². The molecule has 0 aliphatic carbocycles. The zero-order chi connectivity index (χ0) is 12.0. The summed E-state index contributed by atoms with van der Waals surface area (Å²) < 4.78 is 5.38. The molecule has 0 unspecified atom stereocenters. The van der Waals surface area contributed by atoms with Gasteiger partial charge in [0.2, 0.25) is 6.08 Å². The van der Waals surface area contributed by atoms with Gasteiger partial charge >= 0.3 is 0 Å². The van der Waals surface area contributed by atoms with Gasteiger partial charge in [-0.2, -0.15) is 0 Å². The van der Waals surface area contributed by atoms with Crippen LogP contribution in [-0.4, -0.2) is 19.2 Å². The van der Waals surface area contributed by atoms with E-state index in [0.717, 1.165) is 11.1 Å². The molecule has 0 bridgehead atoms. The van der Waals surface area contributed by atoms with Crippen LogP contribution >= 0.6 is 11.6 Å². The van der Waals surface area contributed by atoms with Crippen LogP contribution in [0.3, 0.4) is 0 Å². The summed E-state index contributed by atoms with van der Waals surface area (Å²) in [6, 6.07) is 3.77. The molecule has 0 saturated heterocycles. The molecule has 1 aromatic carbocycles. The smallest absolute Gasteiger partial charge is 0.234 e. The lowest BCUT2D eigenvalue weighted by Crippen LogP contribution is -1.97. The van der Waals surface area contributed by atoms with Crippen molar-refractivity contribution in [2.24, 2.45) is 4.99 Å². The quantitative estimate of drug-likeness (QED) is 0.585. The molecule has 3 nitrogen and oxygen atoms in total. The lowest BCUT2D eigenvalue weighted by Gasteiger charge is -2.10. The molecule has 1 rings (SSSR count). The zero-order valence-corrected chi connectivity index (χ0v) is 10.2. The number of benzene rings is 1. The molecule has 86 valence electrons. The highest BCUT2D eigenvalue weighted by Crippen LogP contribution is 2.28. The number of halogens is 1. The van der Waals surface area contributed by atoms with Gasteiger partial charge in [0.1, 0.15) is 5.75 Å². The van der Waals surface area contributed by atoms with Crippen LogP contribution in [-0.2, 0) is 11.2 Å². The van der Waals surface area contributed by atoms with Crippen molar-refractivity contribution in [3.05, 3.63) is 28.3 Å². The lowest BCUT2D eigenvalue weighted by atomic mass is 10.1. The fourth-order valence-corrected chi connectivity index (χ4v) is 1.69. The van der Waals surface area contributed by atoms with E-state index in [2.05, 4.69) is 4.99 Å². The number of aliphatic imine (C=N–C) groups is 1. The minimum Gasteiger partial charge on any atom is -0.492 e. The predicted molar refractivity (Wildman–Crippen MR) is 64.1 cm³/mol. The fourth-order valence-electron chi connectivity index (χ4n) is 1.45. The van der Waals surface area contributed by atoms with Gasteiger partial charge in [0.25, 0.3) is 0 Å². The zero-order valence-electron chi connectivity index (χ0n) is 9.42. The maximum Gasteiger partial charge on any atom is 0.234 e. The van der Waals surface area contributed by atoms with Crippen molar-refractivity contribution >= 4 is 17.7 Å². The number of nitrogens with zero attached hydrogens (tertiary/aromatic N) is 1. The van der Waals surface area contributed by atoms with Gasteiger partial charge < -0.3 is 4.74 Å². The summed E-state index contributed by atoms with van der Waals surface area (Å²) in [5.74, 6) is 0.698. The van der Waals surface area contributed by atoms with Crippen LogP contribution in [0.1, 0.15) is 18.1 Å². The Morgan fingerprint density at radius 3 is 2.88 bits per heavy atom. The van der Waals surface area contributed by atoms with Gasteiger partial charge in [-0.05, 0) is 43.5 Å². The van der Waals surface area contributed by atoms with Gasteiger partial charge in [0, 0.05) is 0 Å². The maximum absolute atomic E-state index is 9.95. The Morgan fingerprint density at radius 2 is 2.25 bits per heavy atom. The Balaban J connectivity index is 2.87. The molecule has 0 radical (unpaired) electrons. The van der Waals surface area contributed by atoms with E-state index >= 15 is 0 Å². The summed E-state index contributed by atoms with van der Waals surface area (Å²) in [4.78, 5) is 13.5. The van der Waals surface area contributed by atoms with E-state index in [4.69, 9.17) is 16.3 Å². The van der Waals surface area contributed by atoms with E-state index < -0.39 is 0 Å². The average Bonchev–Trinajstić information content (AvgIpc) is 2.25. The third-order valence-electron chi connectivity index (χ3n) is 2.25. The van der Waals surface area contributed by atoms with Crippen LogP contribution < -0.4 is 4.74 Å². The van der Waals surface area contributed by atoms with E-state index in [9.17, 15) is 4.79 Å². The van der Waals surface area contributed by atoms with Crippen molar-refractivity contribution in [1.29, 1.82) is 0 Å². The van der Waals surface area contributed by atoms with E-state index in [1.807, 2.05) is 26.0 Å². The third kappa shape index (κ3) is 3.37. The van der Waals surface area contributed by atoms with Crippen molar-refractivity contribution in [1.82, 2.24) is 0 Å². The molecule has 1 aromatic rings. The molecule has 0 N–H and O–H groups in total. The van der Waals surface area contributed by atoms with Crippen LogP contribution in [0.2, 0.25) is 5.02 Å². The molecule has 0 aliphatic heterocycles. The fraction of sp³-hybridized carbons (Fsp3) is 0.417. The Hall–Kier alpha value is -1.31. The second-order valence-electron chi connectivity index (χ2n) is 3.37. The summed E-state index contributed by atoms with van der Waals surface area (Å²) in [5.41, 5.74) is 2.17. The molecule has 0 heterocycles. The lowest BCUT2D eigenvalue weighted by molar-refractivity contribution is 0.340. The predicted octanol–water partition coefficient (Wildman–Crippen LogP) is 2.93. The van der Waals surface area contributed by atoms with Crippen LogP contribution in [0.25, 0.3) is 0 Å². The third-order valence-corrected chi connectivity index (χ3v) is 2.54. The van der Waals surface area contributed by atoms with Gasteiger partial charge in [0.15, 0.2) is 0 Å². The molecule has 0 aromatic heterocycles. The molecule has 0 amide bonds. The number of aryl methyl sites for hydroxylation is 1. The highest BCUT2D eigenvalue weighted by atomic mass is 35.5. The number of rotatable bonds is 5. The van der Waals surface area contributed by atoms with Gasteiger partial charge in [-0.25, -0.2) is 9.79 Å². The monoisotopic (exact) mass is 239 g/mol. The molecule has 0 atom stereocenters. The van der Waals surface area contributed by atoms with Gasteiger partial charge in [0.05, 0.1) is 18.2 Å². The molecule has 4 heteroatoms. The summed E-state index contributed by atoms with van der Waals surface area (Å²) in [5, 5.41) is 0.595. The standard InChI is InChI=1S/C12H14ClNO2/c1-3-16-12-6-9(2)10(7-11(12)13)4-5-14-8-15/h6-7H,3-5H2,1-2H3. The first kappa shape index (κ1) is 12.8. The molecule has 0 aliphatic rings. The minimum atomic E-state index is 0.439. The molecule has 0 spiro atoms. The highest BCUT2D eigenvalue weighted by Gasteiger charge is 2.06. The van der Waals surface area contributed by atoms with E-state index in [1.54, 1.807) is 0 Å². The van der Waals surface area contributed by atoms with Crippen molar-refractivity contribution in [3.8, 4) is 5.75 Å². The summed E-state index contributed by atoms with van der Waals surface area (Å²) in [6.07, 6.45) is 2.21. The Bertz CT molecular complexity index is 412. The first-order valence-corrected chi connectivity index (χ1v) is 5.52. The van der Waals surface area contributed by atoms with Crippen molar-refractivity contribution in [3.63, 3.8) is 0 Å². The normalized spacial score (nSPS) is 9.69. The van der Waals surface area contributed by atoms with Gasteiger partial charge in [-0.15, -0.1) is 0 Å². The molecule has 0 fully saturated rings. The Morgan fingerprint density at radius 1 is 1.50 bits per heavy atom. The maximum atomic E-state index is 9.95. The number of ether oxygens (including phenoxy) is 1. The Kier molecular flexibility index (Phi) is 5.03. The van der Waals surface area contributed by atoms with Crippen molar-refractivity contribution in [2.45, 2.75) is 20.3 Å². The van der Waals surface area contributed by atoms with E-state index in [0.29, 0.717) is 30.3 Å². The van der Waals surface area contributed by atoms with Gasteiger partial charge in [-0.1, -0.05) is 11.6 Å². The van der Waals surface area contributed by atoms with Gasteiger partial charge in [-0.3, -0.25) is 0 Å². The molecule has 16 heavy (non-hydrogen) atoms. The van der Waals surface area contributed by atoms with Crippen molar-refractivity contribution < 1.29 is 9.53 Å². The summed E-state index contributed by atoms with van der Waals surface area (Å²) >= 11 is 6.06. The van der Waals surface area contributed by atoms with E-state index in [-0.39, 0.29) is 0 Å². The second kappa shape index (κ2) is 6.31. The summed E-state index contributed by atoms with van der Waals surface area (Å²) in [6.45, 7) is 4.93. The van der Waals surface area contributed by atoms with Crippen LogP contribution in [0.5, 0.6) is 5.75 Å². The first-order chi connectivity index (χ1) is 7.69. The average molecular weight is 240 g/mol. The minimum absolute atomic E-state index is 0.439. The largest absolute Gasteiger partial charge is 0.492 e. The first-order valence-electron chi connectivity index (χ1n) is 5.14. The Labute approximate surface area is 100 Å². The topological polar surface area (TPSA) is 38.7 Å². The molecular weight excluding hydrogens is 226 g/mol. The van der Waals surface area contributed by atoms with Crippen molar-refractivity contribution in [2.75, 3.05) is 13.2 Å². The summed E-state index contributed by atoms with van der Waals surface area (Å²) in [7, 11) is 0. The number of isocyanates is 1. The number of hydrogen-bond acceptors (Lipinski definition) is 3. The second-order valence-corrected chi connectivity index (χ2v) is 3.77. The highest BCUT2D eigenvalue weighted by molar-refractivity contribution is 6.32. The number of carbonyl (C=O) groups excluding carboxylic acids is 1.